The summed E-state index contributed by atoms with van der Waals surface area (Å²) in [5.74, 6) is -10.2. The number of ketones is 6. The second-order valence-electron chi connectivity index (χ2n) is 8.64. The summed E-state index contributed by atoms with van der Waals surface area (Å²) in [4.78, 5) is 74.8. The predicted molar refractivity (Wildman–Crippen MR) is 118 cm³/mol. The molecule has 0 saturated heterocycles. The monoisotopic (exact) mass is 488 g/mol. The summed E-state index contributed by atoms with van der Waals surface area (Å²) in [7, 11) is 0. The number of Topliss-reactive ketones (excluding diaryl/α,β-unsaturated/α-hetero) is 6. The van der Waals surface area contributed by atoms with Gasteiger partial charge in [-0.3, -0.25) is 28.8 Å². The topological polar surface area (TPSA) is 204 Å². The molecule has 0 aromatic rings. The average Bonchev–Trinajstić information content (AvgIpc) is 2.77. The summed E-state index contributed by atoms with van der Waals surface area (Å²) in [5.41, 5.74) is -16.0. The number of rotatable bonds is 17. The van der Waals surface area contributed by atoms with Crippen molar-refractivity contribution in [3.8, 4) is 0 Å². The highest BCUT2D eigenvalue weighted by molar-refractivity contribution is 6.45. The first-order chi connectivity index (χ1) is 15.5. The number of hydrogen-bond donors (Lipinski definition) is 5. The quantitative estimate of drug-likeness (QED) is 0.0968. The summed E-state index contributed by atoms with van der Waals surface area (Å²) in [6.07, 6.45) is 3.64. The summed E-state index contributed by atoms with van der Waals surface area (Å²) in [5, 5.41) is 54.5. The highest BCUT2D eigenvalue weighted by Crippen LogP contribution is 2.44. The van der Waals surface area contributed by atoms with Crippen LogP contribution in [0.3, 0.4) is 0 Å². The molecule has 0 aliphatic heterocycles. The van der Waals surface area contributed by atoms with Gasteiger partial charge in [0.1, 0.15) is 0 Å². The Morgan fingerprint density at radius 2 is 1.09 bits per heavy atom. The standard InChI is InChI=1S/C23H36O11/c1-6-7-8-9-10-11-12-18(29)20(31,13-24)22(33,16(4)27)23(34,17(5)28)21(32,15(3)26)19(30)14(2)25/h24,31-34H,6-13H2,1-5H3/t20-,21-,22+,23+/m0/s1. The molecule has 34 heavy (non-hydrogen) atoms. The van der Waals surface area contributed by atoms with Crippen molar-refractivity contribution in [2.24, 2.45) is 0 Å². The summed E-state index contributed by atoms with van der Waals surface area (Å²) >= 11 is 0. The van der Waals surface area contributed by atoms with Crippen molar-refractivity contribution in [1.29, 1.82) is 0 Å². The number of aliphatic hydroxyl groups excluding tert-OH is 1. The Balaban J connectivity index is 6.85. The molecule has 0 rings (SSSR count). The Bertz CT molecular complexity index is 835. The third-order valence-corrected chi connectivity index (χ3v) is 6.27. The van der Waals surface area contributed by atoms with E-state index in [4.69, 9.17) is 0 Å². The first-order valence-electron chi connectivity index (χ1n) is 11.1. The van der Waals surface area contributed by atoms with Crippen LogP contribution < -0.4 is 0 Å². The van der Waals surface area contributed by atoms with Crippen LogP contribution in [0.25, 0.3) is 0 Å². The molecule has 0 aromatic heterocycles. The lowest BCUT2D eigenvalue weighted by Gasteiger charge is -2.52. The van der Waals surface area contributed by atoms with Crippen molar-refractivity contribution >= 4 is 34.7 Å². The van der Waals surface area contributed by atoms with Crippen molar-refractivity contribution in [3.05, 3.63) is 0 Å². The third kappa shape index (κ3) is 5.08. The van der Waals surface area contributed by atoms with Gasteiger partial charge in [-0.05, 0) is 27.2 Å². The van der Waals surface area contributed by atoms with Crippen LogP contribution >= 0.6 is 0 Å². The molecule has 0 saturated carbocycles. The second kappa shape index (κ2) is 12.0. The van der Waals surface area contributed by atoms with Crippen LogP contribution in [0.5, 0.6) is 0 Å². The molecule has 0 heterocycles. The van der Waals surface area contributed by atoms with Crippen LogP contribution in [-0.4, -0.2) is 89.2 Å². The van der Waals surface area contributed by atoms with E-state index < -0.39 is 70.1 Å². The normalized spacial score (nSPS) is 18.5. The largest absolute Gasteiger partial charge is 0.393 e. The van der Waals surface area contributed by atoms with Gasteiger partial charge in [-0.1, -0.05) is 39.0 Å². The van der Waals surface area contributed by atoms with E-state index in [1.807, 2.05) is 6.92 Å². The van der Waals surface area contributed by atoms with E-state index in [-0.39, 0.29) is 6.42 Å². The van der Waals surface area contributed by atoms with Gasteiger partial charge < -0.3 is 25.5 Å². The molecule has 0 radical (unpaired) electrons. The molecule has 0 aromatic carbocycles. The summed E-state index contributed by atoms with van der Waals surface area (Å²) in [6, 6.07) is 0. The molecule has 0 unspecified atom stereocenters. The Labute approximate surface area is 198 Å². The number of carbonyl (C=O) groups excluding carboxylic acids is 6. The molecule has 0 bridgehead atoms. The lowest BCUT2D eigenvalue weighted by atomic mass is 9.57. The average molecular weight is 489 g/mol. The molecule has 11 heteroatoms. The molecule has 0 aliphatic rings. The lowest BCUT2D eigenvalue weighted by molar-refractivity contribution is -0.265. The van der Waals surface area contributed by atoms with Crippen molar-refractivity contribution in [2.45, 2.75) is 102 Å². The van der Waals surface area contributed by atoms with Crippen molar-refractivity contribution in [3.63, 3.8) is 0 Å². The van der Waals surface area contributed by atoms with Gasteiger partial charge in [0.25, 0.3) is 0 Å². The predicted octanol–water partition coefficient (Wildman–Crippen LogP) is -0.852. The SMILES string of the molecule is CCCCCCCCC(=O)[C@@](O)(CO)[C@](O)(C(C)=O)[C@@](O)(C(C)=O)[C@](O)(C(C)=O)C(=O)C(C)=O. The Morgan fingerprint density at radius 1 is 0.647 bits per heavy atom. The summed E-state index contributed by atoms with van der Waals surface area (Å²) < 4.78 is 0. The second-order valence-corrected chi connectivity index (χ2v) is 8.64. The number of aliphatic hydroxyl groups is 5. The molecule has 4 atom stereocenters. The fraction of sp³-hybridized carbons (Fsp3) is 0.739. The zero-order valence-electron chi connectivity index (χ0n) is 20.3. The Morgan fingerprint density at radius 3 is 1.44 bits per heavy atom. The fourth-order valence-electron chi connectivity index (χ4n) is 4.13. The van der Waals surface area contributed by atoms with Crippen LogP contribution in [0.15, 0.2) is 0 Å². The molecule has 0 aliphatic carbocycles. The van der Waals surface area contributed by atoms with E-state index >= 15 is 0 Å². The molecule has 11 nitrogen and oxygen atoms in total. The molecular weight excluding hydrogens is 452 g/mol. The number of carbonyl (C=O) groups is 6. The maximum absolute atomic E-state index is 12.9. The molecule has 0 spiro atoms. The van der Waals surface area contributed by atoms with Crippen molar-refractivity contribution in [1.82, 2.24) is 0 Å². The van der Waals surface area contributed by atoms with E-state index in [1.165, 1.54) is 0 Å². The Kier molecular flexibility index (Phi) is 11.2. The van der Waals surface area contributed by atoms with Crippen LogP contribution in [0.1, 0.15) is 79.6 Å². The summed E-state index contributed by atoms with van der Waals surface area (Å²) in [6.45, 7) is 2.33. The van der Waals surface area contributed by atoms with Crippen LogP contribution in [0.2, 0.25) is 0 Å². The van der Waals surface area contributed by atoms with Gasteiger partial charge in [0.2, 0.25) is 22.6 Å². The van der Waals surface area contributed by atoms with Gasteiger partial charge in [-0.25, -0.2) is 0 Å². The molecule has 0 amide bonds. The zero-order valence-corrected chi connectivity index (χ0v) is 20.3. The van der Waals surface area contributed by atoms with Crippen LogP contribution in [0.4, 0.5) is 0 Å². The highest BCUT2D eigenvalue weighted by Gasteiger charge is 2.79. The zero-order chi connectivity index (χ0) is 27.1. The van der Waals surface area contributed by atoms with Gasteiger partial charge in [-0.2, -0.15) is 0 Å². The van der Waals surface area contributed by atoms with Crippen molar-refractivity contribution < 1.29 is 54.3 Å². The molecule has 0 fully saturated rings. The lowest BCUT2D eigenvalue weighted by Crippen LogP contribution is -2.86. The van der Waals surface area contributed by atoms with Gasteiger partial charge in [0.15, 0.2) is 34.5 Å². The van der Waals surface area contributed by atoms with Crippen LogP contribution in [-0.2, 0) is 28.8 Å². The molecule has 5 N–H and O–H groups in total. The first kappa shape index (κ1) is 31.8. The Hall–Kier alpha value is -2.18. The van der Waals surface area contributed by atoms with Gasteiger partial charge >= 0.3 is 0 Å². The third-order valence-electron chi connectivity index (χ3n) is 6.27. The first-order valence-corrected chi connectivity index (χ1v) is 11.1. The van der Waals surface area contributed by atoms with E-state index in [0.29, 0.717) is 34.1 Å². The minimum absolute atomic E-state index is 0.140. The van der Waals surface area contributed by atoms with Gasteiger partial charge in [0, 0.05) is 13.3 Å². The minimum atomic E-state index is -4.21. The van der Waals surface area contributed by atoms with Gasteiger partial charge in [0.05, 0.1) is 6.61 Å². The van der Waals surface area contributed by atoms with Crippen molar-refractivity contribution in [2.75, 3.05) is 6.61 Å². The van der Waals surface area contributed by atoms with Crippen LogP contribution in [0, 0.1) is 0 Å². The maximum Gasteiger partial charge on any atom is 0.240 e. The van der Waals surface area contributed by atoms with Gasteiger partial charge in [-0.15, -0.1) is 0 Å². The van der Waals surface area contributed by atoms with E-state index in [1.54, 1.807) is 0 Å². The molecule has 194 valence electrons. The van der Waals surface area contributed by atoms with E-state index in [2.05, 4.69) is 0 Å². The fourth-order valence-corrected chi connectivity index (χ4v) is 4.13. The van der Waals surface area contributed by atoms with E-state index in [9.17, 15) is 54.3 Å². The number of hydrogen-bond acceptors (Lipinski definition) is 11. The smallest absolute Gasteiger partial charge is 0.240 e. The van der Waals surface area contributed by atoms with E-state index in [0.717, 1.165) is 25.7 Å². The number of unbranched alkanes of at least 4 members (excludes halogenated alkanes) is 5. The molecular formula is C23H36O11. The highest BCUT2D eigenvalue weighted by atomic mass is 16.4. The minimum Gasteiger partial charge on any atom is -0.393 e. The maximum atomic E-state index is 12.9.